The van der Waals surface area contributed by atoms with Gasteiger partial charge in [0.1, 0.15) is 0 Å². The van der Waals surface area contributed by atoms with Gasteiger partial charge in [0.05, 0.1) is 6.42 Å². The number of carboxylic acid groups (broad SMARTS) is 1. The van der Waals surface area contributed by atoms with Crippen LogP contribution >= 0.6 is 11.8 Å². The van der Waals surface area contributed by atoms with Crippen molar-refractivity contribution in [2.75, 3.05) is 5.75 Å². The molecule has 0 aromatic carbocycles. The summed E-state index contributed by atoms with van der Waals surface area (Å²) in [5.41, 5.74) is -0.0969. The van der Waals surface area contributed by atoms with Crippen molar-refractivity contribution in [2.24, 2.45) is 0 Å². The minimum atomic E-state index is -0.856. The Hall–Kier alpha value is -1.30. The second-order valence-electron chi connectivity index (χ2n) is 3.67. The number of hydrogen-bond acceptors (Lipinski definition) is 4. The Labute approximate surface area is 96.5 Å². The molecule has 16 heavy (non-hydrogen) atoms. The molecule has 0 amide bonds. The number of nitrogens with zero attached hydrogens (tertiary/aromatic N) is 2. The number of rotatable bonds is 5. The highest BCUT2D eigenvalue weighted by atomic mass is 32.2. The van der Waals surface area contributed by atoms with Crippen molar-refractivity contribution in [1.29, 1.82) is 0 Å². The molecule has 1 aliphatic rings. The molecule has 6 heteroatoms. The Morgan fingerprint density at radius 3 is 3.00 bits per heavy atom. The standard InChI is InChI=1S/C10H12N2O3S/c13-8(14)3-6-16-9-10(15)12(5-4-11-9)7-1-2-7/h4-5,7H,1-3,6H2,(H,13,14). The molecule has 0 radical (unpaired) electrons. The first kappa shape index (κ1) is 11.2. The fraction of sp³-hybridized carbons (Fsp3) is 0.500. The molecule has 1 fully saturated rings. The monoisotopic (exact) mass is 240 g/mol. The Kier molecular flexibility index (Phi) is 3.28. The lowest BCUT2D eigenvalue weighted by Crippen LogP contribution is -2.21. The summed E-state index contributed by atoms with van der Waals surface area (Å²) >= 11 is 1.21. The number of carboxylic acids is 1. The third-order valence-electron chi connectivity index (χ3n) is 2.33. The van der Waals surface area contributed by atoms with E-state index in [4.69, 9.17) is 5.11 Å². The van der Waals surface area contributed by atoms with Crippen molar-refractivity contribution in [3.8, 4) is 0 Å². The molecular weight excluding hydrogens is 228 g/mol. The molecular formula is C10H12N2O3S. The summed E-state index contributed by atoms with van der Waals surface area (Å²) < 4.78 is 1.69. The summed E-state index contributed by atoms with van der Waals surface area (Å²) in [5.74, 6) is -0.474. The average molecular weight is 240 g/mol. The molecule has 1 aromatic heterocycles. The highest BCUT2D eigenvalue weighted by molar-refractivity contribution is 7.99. The Morgan fingerprint density at radius 1 is 1.62 bits per heavy atom. The van der Waals surface area contributed by atoms with E-state index in [1.54, 1.807) is 17.0 Å². The Morgan fingerprint density at radius 2 is 2.38 bits per heavy atom. The van der Waals surface area contributed by atoms with Crippen LogP contribution < -0.4 is 5.56 Å². The van der Waals surface area contributed by atoms with Gasteiger partial charge in [0, 0.05) is 24.2 Å². The Bertz CT molecular complexity index is 454. The number of thioether (sulfide) groups is 1. The van der Waals surface area contributed by atoms with Gasteiger partial charge < -0.3 is 9.67 Å². The molecule has 2 rings (SSSR count). The van der Waals surface area contributed by atoms with E-state index in [9.17, 15) is 9.59 Å². The molecule has 1 aromatic rings. The molecule has 0 aliphatic heterocycles. The number of aliphatic carboxylic acids is 1. The van der Waals surface area contributed by atoms with E-state index in [0.29, 0.717) is 16.8 Å². The van der Waals surface area contributed by atoms with Crippen LogP contribution in [0, 0.1) is 0 Å². The quantitative estimate of drug-likeness (QED) is 0.781. The average Bonchev–Trinajstić information content (AvgIpc) is 3.04. The molecule has 0 atom stereocenters. The minimum Gasteiger partial charge on any atom is -0.481 e. The van der Waals surface area contributed by atoms with E-state index in [2.05, 4.69) is 4.98 Å². The van der Waals surface area contributed by atoms with Crippen LogP contribution in [0.15, 0.2) is 22.2 Å². The number of hydrogen-bond donors (Lipinski definition) is 1. The predicted octanol–water partition coefficient (Wildman–Crippen LogP) is 1.14. The largest absolute Gasteiger partial charge is 0.481 e. The molecule has 0 bridgehead atoms. The molecule has 5 nitrogen and oxygen atoms in total. The van der Waals surface area contributed by atoms with Crippen LogP contribution in [-0.4, -0.2) is 26.4 Å². The highest BCUT2D eigenvalue weighted by Crippen LogP contribution is 2.33. The van der Waals surface area contributed by atoms with Gasteiger partial charge in [0.2, 0.25) is 0 Å². The summed E-state index contributed by atoms with van der Waals surface area (Å²) in [6, 6.07) is 0.328. The zero-order chi connectivity index (χ0) is 11.5. The fourth-order valence-electron chi connectivity index (χ4n) is 1.38. The number of carbonyl (C=O) groups is 1. The Balaban J connectivity index is 2.06. The van der Waals surface area contributed by atoms with Crippen molar-refractivity contribution >= 4 is 17.7 Å². The summed E-state index contributed by atoms with van der Waals surface area (Å²) in [6.45, 7) is 0. The maximum absolute atomic E-state index is 11.9. The third kappa shape index (κ3) is 2.63. The van der Waals surface area contributed by atoms with Crippen molar-refractivity contribution in [2.45, 2.75) is 30.3 Å². The summed E-state index contributed by atoms with van der Waals surface area (Å²) in [5, 5.41) is 8.90. The summed E-state index contributed by atoms with van der Waals surface area (Å²) in [4.78, 5) is 26.2. The lowest BCUT2D eigenvalue weighted by Gasteiger charge is -2.04. The van der Waals surface area contributed by atoms with Gasteiger partial charge in [-0.3, -0.25) is 9.59 Å². The predicted molar refractivity (Wildman–Crippen MR) is 59.7 cm³/mol. The third-order valence-corrected chi connectivity index (χ3v) is 3.29. The zero-order valence-corrected chi connectivity index (χ0v) is 9.44. The van der Waals surface area contributed by atoms with Crippen molar-refractivity contribution in [1.82, 2.24) is 9.55 Å². The van der Waals surface area contributed by atoms with E-state index in [0.717, 1.165) is 12.8 Å². The number of aromatic nitrogens is 2. The lowest BCUT2D eigenvalue weighted by molar-refractivity contribution is -0.136. The van der Waals surface area contributed by atoms with Crippen LogP contribution in [0.5, 0.6) is 0 Å². The van der Waals surface area contributed by atoms with E-state index in [-0.39, 0.29) is 12.0 Å². The van der Waals surface area contributed by atoms with Gasteiger partial charge in [0.15, 0.2) is 5.03 Å². The van der Waals surface area contributed by atoms with E-state index < -0.39 is 5.97 Å². The molecule has 1 N–H and O–H groups in total. The minimum absolute atomic E-state index is 0.0457. The molecule has 0 spiro atoms. The lowest BCUT2D eigenvalue weighted by atomic mass is 10.5. The van der Waals surface area contributed by atoms with E-state index >= 15 is 0 Å². The van der Waals surface area contributed by atoms with Gasteiger partial charge >= 0.3 is 5.97 Å². The second-order valence-corrected chi connectivity index (χ2v) is 4.75. The molecule has 0 unspecified atom stereocenters. The van der Waals surface area contributed by atoms with Crippen molar-refractivity contribution in [3.63, 3.8) is 0 Å². The molecule has 0 saturated heterocycles. The van der Waals surface area contributed by atoms with Gasteiger partial charge in [-0.05, 0) is 12.8 Å². The van der Waals surface area contributed by atoms with Gasteiger partial charge in [0.25, 0.3) is 5.56 Å². The maximum Gasteiger partial charge on any atom is 0.304 e. The fourth-order valence-corrected chi connectivity index (χ4v) is 2.21. The van der Waals surface area contributed by atoms with E-state index in [1.165, 1.54) is 11.8 Å². The van der Waals surface area contributed by atoms with Crippen LogP contribution in [0.1, 0.15) is 25.3 Å². The summed E-state index contributed by atoms with van der Waals surface area (Å²) in [7, 11) is 0. The molecule has 86 valence electrons. The SMILES string of the molecule is O=C(O)CCSc1nccn(C2CC2)c1=O. The first-order valence-corrected chi connectivity index (χ1v) is 6.09. The van der Waals surface area contributed by atoms with Crippen LogP contribution in [0.3, 0.4) is 0 Å². The zero-order valence-electron chi connectivity index (χ0n) is 8.63. The molecule has 1 heterocycles. The smallest absolute Gasteiger partial charge is 0.304 e. The molecule has 1 aliphatic carbocycles. The highest BCUT2D eigenvalue weighted by Gasteiger charge is 2.25. The van der Waals surface area contributed by atoms with E-state index in [1.807, 2.05) is 0 Å². The maximum atomic E-state index is 11.9. The van der Waals surface area contributed by atoms with Crippen LogP contribution in [0.25, 0.3) is 0 Å². The van der Waals surface area contributed by atoms with Crippen molar-refractivity contribution < 1.29 is 9.90 Å². The van der Waals surface area contributed by atoms with Gasteiger partial charge in [-0.1, -0.05) is 0 Å². The van der Waals surface area contributed by atoms with Crippen LogP contribution in [0.4, 0.5) is 0 Å². The van der Waals surface area contributed by atoms with Crippen LogP contribution in [0.2, 0.25) is 0 Å². The second kappa shape index (κ2) is 4.69. The topological polar surface area (TPSA) is 72.2 Å². The first-order valence-electron chi connectivity index (χ1n) is 5.10. The normalized spacial score (nSPS) is 15.0. The summed E-state index contributed by atoms with van der Waals surface area (Å²) in [6.07, 6.45) is 5.43. The van der Waals surface area contributed by atoms with Gasteiger partial charge in [-0.2, -0.15) is 0 Å². The van der Waals surface area contributed by atoms with Gasteiger partial charge in [-0.25, -0.2) is 4.98 Å². The van der Waals surface area contributed by atoms with Crippen molar-refractivity contribution in [3.05, 3.63) is 22.7 Å². The molecule has 1 saturated carbocycles. The van der Waals surface area contributed by atoms with Gasteiger partial charge in [-0.15, -0.1) is 11.8 Å². The van der Waals surface area contributed by atoms with Crippen LogP contribution in [-0.2, 0) is 4.79 Å². The first-order chi connectivity index (χ1) is 7.68.